The molecule has 4 nitrogen and oxygen atoms in total. The largest absolute Gasteiger partial charge is 0.405 e. The SMILES string of the molecule is Cc1nc(Cl)c(C=O)c(N(C)CC(F)(F)F)n1. The average Bonchev–Trinajstić information content (AvgIpc) is 2.13. The standard InChI is InChI=1S/C9H9ClF3N3O/c1-5-14-7(10)6(3-17)8(15-5)16(2)4-9(11,12)13/h3H,4H2,1-2H3. The van der Waals surface area contributed by atoms with Gasteiger partial charge in [0.2, 0.25) is 0 Å². The van der Waals surface area contributed by atoms with Gasteiger partial charge < -0.3 is 4.90 Å². The molecular formula is C9H9ClF3N3O. The highest BCUT2D eigenvalue weighted by Gasteiger charge is 2.31. The lowest BCUT2D eigenvalue weighted by molar-refractivity contribution is -0.119. The number of hydrogen-bond donors (Lipinski definition) is 0. The van der Waals surface area contributed by atoms with Crippen LogP contribution in [0, 0.1) is 6.92 Å². The molecule has 0 aliphatic rings. The van der Waals surface area contributed by atoms with Crippen LogP contribution < -0.4 is 4.90 Å². The molecule has 0 bridgehead atoms. The van der Waals surface area contributed by atoms with Gasteiger partial charge in [-0.25, -0.2) is 9.97 Å². The molecule has 0 N–H and O–H groups in total. The Bertz CT molecular complexity index is 436. The molecule has 0 aliphatic heterocycles. The van der Waals surface area contributed by atoms with Crippen LogP contribution in [0.15, 0.2) is 0 Å². The van der Waals surface area contributed by atoms with Gasteiger partial charge in [0.1, 0.15) is 23.3 Å². The van der Waals surface area contributed by atoms with E-state index in [2.05, 4.69) is 9.97 Å². The number of rotatable bonds is 3. The smallest absolute Gasteiger partial charge is 0.350 e. The maximum Gasteiger partial charge on any atom is 0.405 e. The van der Waals surface area contributed by atoms with Crippen LogP contribution in [-0.4, -0.2) is 36.0 Å². The van der Waals surface area contributed by atoms with Crippen molar-refractivity contribution in [3.8, 4) is 0 Å². The van der Waals surface area contributed by atoms with Crippen molar-refractivity contribution in [1.82, 2.24) is 9.97 Å². The van der Waals surface area contributed by atoms with Crippen LogP contribution in [0.1, 0.15) is 16.2 Å². The summed E-state index contributed by atoms with van der Waals surface area (Å²) < 4.78 is 36.7. The van der Waals surface area contributed by atoms with Gasteiger partial charge in [-0.1, -0.05) is 11.6 Å². The highest BCUT2D eigenvalue weighted by atomic mass is 35.5. The molecule has 94 valence electrons. The fourth-order valence-corrected chi connectivity index (χ4v) is 1.52. The molecule has 1 aromatic heterocycles. The lowest BCUT2D eigenvalue weighted by atomic mass is 10.3. The first kappa shape index (κ1) is 13.7. The van der Waals surface area contributed by atoms with Gasteiger partial charge in [-0.3, -0.25) is 4.79 Å². The van der Waals surface area contributed by atoms with Gasteiger partial charge in [-0.05, 0) is 6.92 Å². The number of aromatic nitrogens is 2. The lowest BCUT2D eigenvalue weighted by Crippen LogP contribution is -2.32. The van der Waals surface area contributed by atoms with E-state index in [1.165, 1.54) is 14.0 Å². The number of aldehydes is 1. The number of alkyl halides is 3. The predicted molar refractivity (Wildman–Crippen MR) is 56.5 cm³/mol. The van der Waals surface area contributed by atoms with Crippen molar-refractivity contribution in [1.29, 1.82) is 0 Å². The second kappa shape index (κ2) is 4.87. The summed E-state index contributed by atoms with van der Waals surface area (Å²) in [6.45, 7) is 0.256. The molecule has 1 aromatic rings. The fraction of sp³-hybridized carbons (Fsp3) is 0.444. The molecule has 8 heteroatoms. The topological polar surface area (TPSA) is 46.1 Å². The Balaban J connectivity index is 3.16. The summed E-state index contributed by atoms with van der Waals surface area (Å²) in [5.74, 6) is 0.0689. The molecule has 1 rings (SSSR count). The van der Waals surface area contributed by atoms with Crippen molar-refractivity contribution in [3.05, 3.63) is 16.5 Å². The van der Waals surface area contributed by atoms with E-state index in [1.54, 1.807) is 0 Å². The summed E-state index contributed by atoms with van der Waals surface area (Å²) >= 11 is 5.66. The van der Waals surface area contributed by atoms with Crippen molar-refractivity contribution in [2.75, 3.05) is 18.5 Å². The Morgan fingerprint density at radius 1 is 1.41 bits per heavy atom. The van der Waals surface area contributed by atoms with Crippen LogP contribution in [0.5, 0.6) is 0 Å². The third-order valence-corrected chi connectivity index (χ3v) is 2.17. The first-order valence-corrected chi connectivity index (χ1v) is 4.89. The molecule has 1 heterocycles. The second-order valence-electron chi connectivity index (χ2n) is 3.39. The zero-order chi connectivity index (χ0) is 13.2. The van der Waals surface area contributed by atoms with E-state index in [4.69, 9.17) is 11.6 Å². The van der Waals surface area contributed by atoms with Gasteiger partial charge in [0.25, 0.3) is 0 Å². The number of carbonyl (C=O) groups is 1. The Morgan fingerprint density at radius 2 is 2.00 bits per heavy atom. The molecule has 0 atom stereocenters. The average molecular weight is 268 g/mol. The molecular weight excluding hydrogens is 259 g/mol. The van der Waals surface area contributed by atoms with Crippen molar-refractivity contribution >= 4 is 23.7 Å². The number of aryl methyl sites for hydroxylation is 1. The highest BCUT2D eigenvalue weighted by Crippen LogP contribution is 2.25. The van der Waals surface area contributed by atoms with Crippen LogP contribution in [0.2, 0.25) is 5.15 Å². The minimum atomic E-state index is -4.39. The number of halogens is 4. The van der Waals surface area contributed by atoms with Crippen molar-refractivity contribution in [3.63, 3.8) is 0 Å². The summed E-state index contributed by atoms with van der Waals surface area (Å²) in [6, 6.07) is 0. The molecule has 0 saturated carbocycles. The summed E-state index contributed by atoms with van der Waals surface area (Å²) in [4.78, 5) is 19.1. The number of hydrogen-bond acceptors (Lipinski definition) is 4. The van der Waals surface area contributed by atoms with Gasteiger partial charge in [-0.2, -0.15) is 13.2 Å². The minimum Gasteiger partial charge on any atom is -0.350 e. The molecule has 0 aromatic carbocycles. The van der Waals surface area contributed by atoms with E-state index in [0.717, 1.165) is 4.90 Å². The third kappa shape index (κ3) is 3.55. The van der Waals surface area contributed by atoms with Crippen molar-refractivity contribution < 1.29 is 18.0 Å². The molecule has 0 radical (unpaired) electrons. The maximum atomic E-state index is 12.2. The molecule has 0 spiro atoms. The molecule has 0 amide bonds. The zero-order valence-corrected chi connectivity index (χ0v) is 9.80. The van der Waals surface area contributed by atoms with Gasteiger partial charge in [0.15, 0.2) is 6.29 Å². The fourth-order valence-electron chi connectivity index (χ4n) is 1.27. The van der Waals surface area contributed by atoms with Crippen LogP contribution in [0.3, 0.4) is 0 Å². The summed E-state index contributed by atoms with van der Waals surface area (Å²) in [6.07, 6.45) is -4.05. The molecule has 0 saturated heterocycles. The van der Waals surface area contributed by atoms with Crippen molar-refractivity contribution in [2.24, 2.45) is 0 Å². The number of nitrogens with zero attached hydrogens (tertiary/aromatic N) is 3. The van der Waals surface area contributed by atoms with Gasteiger partial charge in [0, 0.05) is 7.05 Å². The summed E-state index contributed by atoms with van der Waals surface area (Å²) in [5, 5.41) is -0.156. The second-order valence-corrected chi connectivity index (χ2v) is 3.75. The minimum absolute atomic E-state index is 0.130. The Hall–Kier alpha value is -1.37. The van der Waals surface area contributed by atoms with Crippen LogP contribution in [-0.2, 0) is 0 Å². The Kier molecular flexibility index (Phi) is 3.92. The first-order chi connectivity index (χ1) is 7.74. The number of carbonyl (C=O) groups excluding carboxylic acids is 1. The molecule has 0 aliphatic carbocycles. The van der Waals surface area contributed by atoms with E-state index >= 15 is 0 Å². The van der Waals surface area contributed by atoms with Crippen LogP contribution >= 0.6 is 11.6 Å². The quantitative estimate of drug-likeness (QED) is 0.622. The van der Waals surface area contributed by atoms with Gasteiger partial charge >= 0.3 is 6.18 Å². The summed E-state index contributed by atoms with van der Waals surface area (Å²) in [5.41, 5.74) is -0.149. The van der Waals surface area contributed by atoms with E-state index in [9.17, 15) is 18.0 Å². The molecule has 0 unspecified atom stereocenters. The van der Waals surface area contributed by atoms with Crippen LogP contribution in [0.25, 0.3) is 0 Å². The first-order valence-electron chi connectivity index (χ1n) is 4.52. The highest BCUT2D eigenvalue weighted by molar-refractivity contribution is 6.32. The summed E-state index contributed by atoms with van der Waals surface area (Å²) in [7, 11) is 1.18. The molecule has 17 heavy (non-hydrogen) atoms. The molecule has 0 fully saturated rings. The van der Waals surface area contributed by atoms with Gasteiger partial charge in [-0.15, -0.1) is 0 Å². The van der Waals surface area contributed by atoms with Crippen molar-refractivity contribution in [2.45, 2.75) is 13.1 Å². The zero-order valence-electron chi connectivity index (χ0n) is 9.05. The monoisotopic (exact) mass is 267 g/mol. The maximum absolute atomic E-state index is 12.2. The van der Waals surface area contributed by atoms with Gasteiger partial charge in [0.05, 0.1) is 5.56 Å². The van der Waals surface area contributed by atoms with E-state index in [1.807, 2.05) is 0 Å². The van der Waals surface area contributed by atoms with E-state index in [-0.39, 0.29) is 22.4 Å². The third-order valence-electron chi connectivity index (χ3n) is 1.89. The predicted octanol–water partition coefficient (Wildman–Crippen LogP) is 2.25. The lowest BCUT2D eigenvalue weighted by Gasteiger charge is -2.21. The van der Waals surface area contributed by atoms with E-state index < -0.39 is 12.7 Å². The Labute approximate surface area is 100 Å². The van der Waals surface area contributed by atoms with E-state index in [0.29, 0.717) is 6.29 Å². The number of anilines is 1. The normalized spacial score (nSPS) is 11.4. The van der Waals surface area contributed by atoms with Crippen LogP contribution in [0.4, 0.5) is 19.0 Å². The Morgan fingerprint density at radius 3 is 2.47 bits per heavy atom.